The van der Waals surface area contributed by atoms with Crippen LogP contribution in [0.15, 0.2) is 84.9 Å². The Bertz CT molecular complexity index is 957. The third kappa shape index (κ3) is 2.98. The van der Waals surface area contributed by atoms with Crippen LogP contribution in [-0.4, -0.2) is 6.54 Å². The summed E-state index contributed by atoms with van der Waals surface area (Å²) in [4.78, 5) is 0. The number of nitrogens with one attached hydrogen (secondary N) is 1. The molecular weight excluding hydrogens is 290 g/mol. The van der Waals surface area contributed by atoms with Gasteiger partial charge in [-0.1, -0.05) is 72.8 Å². The predicted octanol–water partition coefficient (Wildman–Crippen LogP) is 6.04. The van der Waals surface area contributed by atoms with Gasteiger partial charge in [-0.3, -0.25) is 0 Å². The molecule has 0 heterocycles. The molecule has 118 valence electrons. The number of para-hydroxylation sites is 1. The van der Waals surface area contributed by atoms with Crippen molar-refractivity contribution in [3.8, 4) is 0 Å². The number of anilines is 1. The van der Waals surface area contributed by atoms with E-state index < -0.39 is 0 Å². The highest BCUT2D eigenvalue weighted by Crippen LogP contribution is 2.29. The molecule has 0 aliphatic rings. The highest BCUT2D eigenvalue weighted by atomic mass is 14.9. The van der Waals surface area contributed by atoms with Crippen LogP contribution in [-0.2, 0) is 6.42 Å². The van der Waals surface area contributed by atoms with Crippen molar-refractivity contribution in [3.05, 3.63) is 90.5 Å². The molecule has 0 atom stereocenters. The Kier molecular flexibility index (Phi) is 4.16. The van der Waals surface area contributed by atoms with Gasteiger partial charge in [-0.15, -0.1) is 0 Å². The van der Waals surface area contributed by atoms with Crippen molar-refractivity contribution in [2.24, 2.45) is 0 Å². The second-order valence-electron chi connectivity index (χ2n) is 6.20. The maximum absolute atomic E-state index is 3.50. The fraction of sp³-hybridized carbons (Fsp3) is 0.130. The molecule has 0 bridgehead atoms. The zero-order chi connectivity index (χ0) is 16.2. The second-order valence-corrected chi connectivity index (χ2v) is 6.20. The molecule has 0 aliphatic heterocycles. The van der Waals surface area contributed by atoms with E-state index in [1.54, 1.807) is 0 Å². The third-order valence-electron chi connectivity index (χ3n) is 4.58. The monoisotopic (exact) mass is 311 g/mol. The van der Waals surface area contributed by atoms with Gasteiger partial charge < -0.3 is 5.32 Å². The van der Waals surface area contributed by atoms with Gasteiger partial charge in [0.1, 0.15) is 0 Å². The zero-order valence-electron chi connectivity index (χ0n) is 13.7. The largest absolute Gasteiger partial charge is 0.385 e. The van der Waals surface area contributed by atoms with Crippen molar-refractivity contribution in [3.63, 3.8) is 0 Å². The summed E-state index contributed by atoms with van der Waals surface area (Å²) in [6, 6.07) is 30.2. The summed E-state index contributed by atoms with van der Waals surface area (Å²) < 4.78 is 0. The summed E-state index contributed by atoms with van der Waals surface area (Å²) in [5.74, 6) is 0. The highest BCUT2D eigenvalue weighted by Gasteiger charge is 2.05. The minimum Gasteiger partial charge on any atom is -0.385 e. The van der Waals surface area contributed by atoms with Crippen LogP contribution in [0, 0.1) is 0 Å². The first-order valence-corrected chi connectivity index (χ1v) is 8.60. The van der Waals surface area contributed by atoms with Crippen molar-refractivity contribution in [1.82, 2.24) is 0 Å². The SMILES string of the molecule is c1ccc(NCCCc2cc3ccccc3c3ccccc23)cc1. The van der Waals surface area contributed by atoms with Crippen LogP contribution >= 0.6 is 0 Å². The van der Waals surface area contributed by atoms with E-state index in [1.165, 1.54) is 32.8 Å². The van der Waals surface area contributed by atoms with Crippen molar-refractivity contribution in [2.45, 2.75) is 12.8 Å². The van der Waals surface area contributed by atoms with Crippen molar-refractivity contribution >= 4 is 27.2 Å². The lowest BCUT2D eigenvalue weighted by atomic mass is 9.95. The van der Waals surface area contributed by atoms with Gasteiger partial charge in [0.2, 0.25) is 0 Å². The van der Waals surface area contributed by atoms with Gasteiger partial charge in [0, 0.05) is 12.2 Å². The first-order valence-electron chi connectivity index (χ1n) is 8.60. The van der Waals surface area contributed by atoms with Crippen LogP contribution in [0.4, 0.5) is 5.69 Å². The lowest BCUT2D eigenvalue weighted by molar-refractivity contribution is 0.869. The van der Waals surface area contributed by atoms with Gasteiger partial charge in [-0.2, -0.15) is 0 Å². The Morgan fingerprint density at radius 1 is 0.625 bits per heavy atom. The fourth-order valence-corrected chi connectivity index (χ4v) is 3.41. The average molecular weight is 311 g/mol. The van der Waals surface area contributed by atoms with Gasteiger partial charge in [0.05, 0.1) is 0 Å². The first kappa shape index (κ1) is 14.8. The van der Waals surface area contributed by atoms with Crippen LogP contribution in [0.25, 0.3) is 21.5 Å². The standard InChI is InChI=1S/C23H21N/c1-2-11-20(12-3-1)24-16-8-10-19-17-18-9-4-5-13-21(18)23-15-7-6-14-22(19)23/h1-7,9,11-15,17,24H,8,10,16H2. The molecule has 0 aliphatic carbocycles. The molecule has 0 radical (unpaired) electrons. The van der Waals surface area contributed by atoms with E-state index in [2.05, 4.69) is 84.2 Å². The number of hydrogen-bond donors (Lipinski definition) is 1. The zero-order valence-corrected chi connectivity index (χ0v) is 13.7. The minimum atomic E-state index is 0.991. The summed E-state index contributed by atoms with van der Waals surface area (Å²) in [6.07, 6.45) is 2.21. The Morgan fingerprint density at radius 3 is 2.12 bits per heavy atom. The summed E-state index contributed by atoms with van der Waals surface area (Å²) in [5, 5.41) is 8.93. The Morgan fingerprint density at radius 2 is 1.29 bits per heavy atom. The van der Waals surface area contributed by atoms with Gasteiger partial charge in [0.15, 0.2) is 0 Å². The molecule has 0 fully saturated rings. The number of hydrogen-bond acceptors (Lipinski definition) is 1. The summed E-state index contributed by atoms with van der Waals surface area (Å²) in [5.41, 5.74) is 2.64. The number of benzene rings is 4. The lowest BCUT2D eigenvalue weighted by Gasteiger charge is -2.11. The normalized spacial score (nSPS) is 11.0. The van der Waals surface area contributed by atoms with Crippen LogP contribution in [0.2, 0.25) is 0 Å². The van der Waals surface area contributed by atoms with E-state index in [1.807, 2.05) is 6.07 Å². The number of fused-ring (bicyclic) bond motifs is 3. The minimum absolute atomic E-state index is 0.991. The van der Waals surface area contributed by atoms with Crippen molar-refractivity contribution in [1.29, 1.82) is 0 Å². The molecule has 0 spiro atoms. The molecule has 0 saturated heterocycles. The summed E-state index contributed by atoms with van der Waals surface area (Å²) >= 11 is 0. The summed E-state index contributed by atoms with van der Waals surface area (Å²) in [7, 11) is 0. The van der Waals surface area contributed by atoms with Gasteiger partial charge in [-0.25, -0.2) is 0 Å². The lowest BCUT2D eigenvalue weighted by Crippen LogP contribution is -2.03. The molecule has 24 heavy (non-hydrogen) atoms. The maximum atomic E-state index is 3.50. The molecular formula is C23H21N. The highest BCUT2D eigenvalue weighted by molar-refractivity contribution is 6.08. The smallest absolute Gasteiger partial charge is 0.0340 e. The van der Waals surface area contributed by atoms with Gasteiger partial charge in [-0.05, 0) is 52.1 Å². The Balaban J connectivity index is 1.56. The van der Waals surface area contributed by atoms with Crippen molar-refractivity contribution in [2.75, 3.05) is 11.9 Å². The Hall–Kier alpha value is -2.80. The third-order valence-corrected chi connectivity index (χ3v) is 4.58. The van der Waals surface area contributed by atoms with E-state index in [0.29, 0.717) is 0 Å². The first-order chi connectivity index (χ1) is 11.9. The molecule has 4 aromatic carbocycles. The topological polar surface area (TPSA) is 12.0 Å². The fourth-order valence-electron chi connectivity index (χ4n) is 3.41. The molecule has 4 aromatic rings. The van der Waals surface area contributed by atoms with Crippen LogP contribution in [0.5, 0.6) is 0 Å². The molecule has 0 amide bonds. The second kappa shape index (κ2) is 6.76. The molecule has 0 saturated carbocycles. The molecule has 4 rings (SSSR count). The maximum Gasteiger partial charge on any atom is 0.0340 e. The predicted molar refractivity (Wildman–Crippen MR) is 105 cm³/mol. The quantitative estimate of drug-likeness (QED) is 0.350. The van der Waals surface area contributed by atoms with E-state index in [9.17, 15) is 0 Å². The van der Waals surface area contributed by atoms with Crippen molar-refractivity contribution < 1.29 is 0 Å². The van der Waals surface area contributed by atoms with Gasteiger partial charge in [0.25, 0.3) is 0 Å². The molecule has 1 nitrogen and oxygen atoms in total. The van der Waals surface area contributed by atoms with E-state index >= 15 is 0 Å². The summed E-state index contributed by atoms with van der Waals surface area (Å²) in [6.45, 7) is 0.991. The van der Waals surface area contributed by atoms with Gasteiger partial charge >= 0.3 is 0 Å². The van der Waals surface area contributed by atoms with Crippen LogP contribution in [0.1, 0.15) is 12.0 Å². The molecule has 0 aromatic heterocycles. The number of aryl methyl sites for hydroxylation is 1. The van der Waals surface area contributed by atoms with E-state index in [4.69, 9.17) is 0 Å². The molecule has 0 unspecified atom stereocenters. The molecule has 1 heteroatoms. The van der Waals surface area contributed by atoms with Crippen LogP contribution < -0.4 is 5.32 Å². The molecule has 1 N–H and O–H groups in total. The number of rotatable bonds is 5. The van der Waals surface area contributed by atoms with E-state index in [-0.39, 0.29) is 0 Å². The average Bonchev–Trinajstić information content (AvgIpc) is 2.66. The Labute approximate surface area is 142 Å². The van der Waals surface area contributed by atoms with E-state index in [0.717, 1.165) is 19.4 Å². The van der Waals surface area contributed by atoms with Crippen LogP contribution in [0.3, 0.4) is 0 Å².